The fourth-order valence-electron chi connectivity index (χ4n) is 2.57. The highest BCUT2D eigenvalue weighted by Gasteiger charge is 2.23. The largest absolute Gasteiger partial charge is 0.365 e. The van der Waals surface area contributed by atoms with Crippen molar-refractivity contribution in [1.82, 2.24) is 4.98 Å². The second-order valence-electron chi connectivity index (χ2n) is 5.39. The van der Waals surface area contributed by atoms with Crippen LogP contribution in [0.15, 0.2) is 42.5 Å². The van der Waals surface area contributed by atoms with Gasteiger partial charge >= 0.3 is 0 Å². The Morgan fingerprint density at radius 2 is 1.81 bits per heavy atom. The Labute approximate surface area is 163 Å². The van der Waals surface area contributed by atoms with Crippen LogP contribution in [0, 0.1) is 6.92 Å². The first kappa shape index (κ1) is 18.4. The molecule has 0 fully saturated rings. The topological polar surface area (TPSA) is 85.1 Å². The van der Waals surface area contributed by atoms with E-state index in [0.717, 1.165) is 10.4 Å². The van der Waals surface area contributed by atoms with Crippen LogP contribution in [0.1, 0.15) is 25.6 Å². The van der Waals surface area contributed by atoms with E-state index in [4.69, 9.17) is 28.9 Å². The van der Waals surface area contributed by atoms with E-state index in [2.05, 4.69) is 10.3 Å². The van der Waals surface area contributed by atoms with Gasteiger partial charge in [-0.25, -0.2) is 4.98 Å². The molecule has 1 aromatic carbocycles. The predicted octanol–water partition coefficient (Wildman–Crippen LogP) is 4.78. The van der Waals surface area contributed by atoms with E-state index in [1.165, 1.54) is 23.5 Å². The number of hydrogen-bond donors (Lipinski definition) is 2. The van der Waals surface area contributed by atoms with E-state index in [1.54, 1.807) is 0 Å². The summed E-state index contributed by atoms with van der Waals surface area (Å²) in [7, 11) is 0. The highest BCUT2D eigenvalue weighted by molar-refractivity contribution is 7.17. The van der Waals surface area contributed by atoms with Gasteiger partial charge in [0.15, 0.2) is 0 Å². The standard InChI is InChI=1S/C18H13Cl2N3O2S/c1-9-13(10-5-3-2-4-6-10)14(16(21)24)18(26-9)23-17(25)11-7-8-12(19)22-15(11)20/h2-8H,1H3,(H2,21,24)(H,23,25). The van der Waals surface area contributed by atoms with Gasteiger partial charge in [-0.05, 0) is 24.6 Å². The molecule has 2 amide bonds. The number of carbonyl (C=O) groups is 2. The lowest BCUT2D eigenvalue weighted by molar-refractivity contribution is 0.100. The second kappa shape index (κ2) is 7.45. The fourth-order valence-corrected chi connectivity index (χ4v) is 4.08. The van der Waals surface area contributed by atoms with Crippen LogP contribution in [0.4, 0.5) is 5.00 Å². The summed E-state index contributed by atoms with van der Waals surface area (Å²) in [6.07, 6.45) is 0. The first-order chi connectivity index (χ1) is 12.4. The third-order valence-electron chi connectivity index (χ3n) is 3.68. The minimum absolute atomic E-state index is 0.0211. The zero-order valence-corrected chi connectivity index (χ0v) is 15.9. The van der Waals surface area contributed by atoms with Crippen LogP contribution in [0.3, 0.4) is 0 Å². The molecule has 2 aromatic heterocycles. The molecule has 0 bridgehead atoms. The minimum Gasteiger partial charge on any atom is -0.365 e. The molecule has 0 unspecified atom stereocenters. The average Bonchev–Trinajstić information content (AvgIpc) is 2.91. The molecule has 26 heavy (non-hydrogen) atoms. The van der Waals surface area contributed by atoms with Gasteiger partial charge in [0, 0.05) is 10.4 Å². The van der Waals surface area contributed by atoms with E-state index in [-0.39, 0.29) is 21.4 Å². The van der Waals surface area contributed by atoms with Gasteiger partial charge in [-0.1, -0.05) is 53.5 Å². The summed E-state index contributed by atoms with van der Waals surface area (Å²) >= 11 is 13.0. The summed E-state index contributed by atoms with van der Waals surface area (Å²) in [5.41, 5.74) is 7.57. The average molecular weight is 406 g/mol. The van der Waals surface area contributed by atoms with Gasteiger partial charge in [-0.2, -0.15) is 0 Å². The minimum atomic E-state index is -0.621. The maximum Gasteiger partial charge on any atom is 0.259 e. The molecule has 0 aliphatic rings. The van der Waals surface area contributed by atoms with Crippen LogP contribution in [0.5, 0.6) is 0 Å². The molecule has 8 heteroatoms. The molecular formula is C18H13Cl2N3O2S. The maximum atomic E-state index is 12.6. The van der Waals surface area contributed by atoms with Gasteiger partial charge < -0.3 is 11.1 Å². The Morgan fingerprint density at radius 3 is 2.42 bits per heavy atom. The summed E-state index contributed by atoms with van der Waals surface area (Å²) in [4.78, 5) is 29.3. The highest BCUT2D eigenvalue weighted by atomic mass is 35.5. The van der Waals surface area contributed by atoms with E-state index in [1.807, 2.05) is 37.3 Å². The molecule has 5 nitrogen and oxygen atoms in total. The van der Waals surface area contributed by atoms with Crippen LogP contribution in [0.25, 0.3) is 11.1 Å². The SMILES string of the molecule is Cc1sc(NC(=O)c2ccc(Cl)nc2Cl)c(C(N)=O)c1-c1ccccc1. The number of primary amides is 1. The number of carbonyl (C=O) groups excluding carboxylic acids is 2. The van der Waals surface area contributed by atoms with E-state index >= 15 is 0 Å². The molecule has 0 radical (unpaired) electrons. The number of pyridine rings is 1. The molecule has 3 rings (SSSR count). The summed E-state index contributed by atoms with van der Waals surface area (Å²) < 4.78 is 0. The van der Waals surface area contributed by atoms with Crippen molar-refractivity contribution in [3.63, 3.8) is 0 Å². The molecule has 132 valence electrons. The summed E-state index contributed by atoms with van der Waals surface area (Å²) in [6.45, 7) is 1.87. The van der Waals surface area contributed by atoms with Crippen molar-refractivity contribution in [2.75, 3.05) is 5.32 Å². The van der Waals surface area contributed by atoms with Crippen LogP contribution in [0.2, 0.25) is 10.3 Å². The van der Waals surface area contributed by atoms with Gasteiger partial charge in [0.1, 0.15) is 15.3 Å². The number of halogens is 2. The third kappa shape index (κ3) is 3.58. The number of thiophene rings is 1. The van der Waals surface area contributed by atoms with Crippen LogP contribution >= 0.6 is 34.5 Å². The van der Waals surface area contributed by atoms with Gasteiger partial charge in [0.2, 0.25) is 0 Å². The van der Waals surface area contributed by atoms with Gasteiger partial charge in [-0.15, -0.1) is 11.3 Å². The number of nitrogens with two attached hydrogens (primary N) is 1. The number of aromatic nitrogens is 1. The summed E-state index contributed by atoms with van der Waals surface area (Å²) in [5.74, 6) is -1.12. The molecule has 3 N–H and O–H groups in total. The number of anilines is 1. The van der Waals surface area contributed by atoms with Gasteiger partial charge in [0.25, 0.3) is 11.8 Å². The fraction of sp³-hybridized carbons (Fsp3) is 0.0556. The highest BCUT2D eigenvalue weighted by Crippen LogP contribution is 2.39. The third-order valence-corrected chi connectivity index (χ3v) is 5.20. The quantitative estimate of drug-likeness (QED) is 0.612. The summed E-state index contributed by atoms with van der Waals surface area (Å²) in [5, 5.41) is 3.24. The first-order valence-electron chi connectivity index (χ1n) is 7.50. The maximum absolute atomic E-state index is 12.6. The Bertz CT molecular complexity index is 1000. The smallest absolute Gasteiger partial charge is 0.259 e. The lowest BCUT2D eigenvalue weighted by Crippen LogP contribution is -2.17. The molecule has 0 aliphatic carbocycles. The number of amides is 2. The van der Waals surface area contributed by atoms with Crippen molar-refractivity contribution in [2.24, 2.45) is 5.73 Å². The zero-order chi connectivity index (χ0) is 18.8. The van der Waals surface area contributed by atoms with Gasteiger partial charge in [0.05, 0.1) is 11.1 Å². The number of benzene rings is 1. The second-order valence-corrected chi connectivity index (χ2v) is 7.36. The normalized spacial score (nSPS) is 10.6. The van der Waals surface area contributed by atoms with Crippen LogP contribution < -0.4 is 11.1 Å². The van der Waals surface area contributed by atoms with Crippen molar-refractivity contribution in [1.29, 1.82) is 0 Å². The Kier molecular flexibility index (Phi) is 5.27. The molecule has 0 atom stereocenters. The zero-order valence-electron chi connectivity index (χ0n) is 13.5. The predicted molar refractivity (Wildman–Crippen MR) is 105 cm³/mol. The molecule has 0 aliphatic heterocycles. The number of rotatable bonds is 4. The van der Waals surface area contributed by atoms with Crippen molar-refractivity contribution < 1.29 is 9.59 Å². The molecule has 0 spiro atoms. The molecular weight excluding hydrogens is 393 g/mol. The van der Waals surface area contributed by atoms with Crippen LogP contribution in [-0.4, -0.2) is 16.8 Å². The monoisotopic (exact) mass is 405 g/mol. The Balaban J connectivity index is 2.03. The lowest BCUT2D eigenvalue weighted by atomic mass is 10.0. The lowest BCUT2D eigenvalue weighted by Gasteiger charge is -2.08. The molecule has 2 heterocycles. The number of nitrogens with one attached hydrogen (secondary N) is 1. The van der Waals surface area contributed by atoms with Crippen molar-refractivity contribution in [2.45, 2.75) is 6.92 Å². The molecule has 3 aromatic rings. The van der Waals surface area contributed by atoms with E-state index < -0.39 is 11.8 Å². The number of nitrogens with zero attached hydrogens (tertiary/aromatic N) is 1. The Hall–Kier alpha value is -2.41. The number of aryl methyl sites for hydroxylation is 1. The van der Waals surface area contributed by atoms with E-state index in [0.29, 0.717) is 10.6 Å². The number of hydrogen-bond acceptors (Lipinski definition) is 4. The molecule has 0 saturated heterocycles. The first-order valence-corrected chi connectivity index (χ1v) is 9.07. The van der Waals surface area contributed by atoms with Gasteiger partial charge in [-0.3, -0.25) is 9.59 Å². The summed E-state index contributed by atoms with van der Waals surface area (Å²) in [6, 6.07) is 12.3. The van der Waals surface area contributed by atoms with E-state index in [9.17, 15) is 9.59 Å². The van der Waals surface area contributed by atoms with Crippen molar-refractivity contribution >= 4 is 51.4 Å². The van der Waals surface area contributed by atoms with Crippen molar-refractivity contribution in [3.05, 3.63) is 68.8 Å². The molecule has 0 saturated carbocycles. The Morgan fingerprint density at radius 1 is 1.12 bits per heavy atom. The van der Waals surface area contributed by atoms with Crippen molar-refractivity contribution in [3.8, 4) is 11.1 Å². The van der Waals surface area contributed by atoms with Crippen LogP contribution in [-0.2, 0) is 0 Å².